The van der Waals surface area contributed by atoms with Crippen molar-refractivity contribution in [1.29, 1.82) is 0 Å². The van der Waals surface area contributed by atoms with Gasteiger partial charge in [-0.2, -0.15) is 0 Å². The fourth-order valence-electron chi connectivity index (χ4n) is 4.12. The molecule has 0 saturated carbocycles. The second kappa shape index (κ2) is 7.63. The molecule has 0 fully saturated rings. The van der Waals surface area contributed by atoms with Crippen LogP contribution in [-0.4, -0.2) is 33.9 Å². The lowest BCUT2D eigenvalue weighted by Gasteiger charge is -2.19. The SMILES string of the molecule is Cc1nc(C(=O)NCCc2c[nH]c3ccccc23)cc(N2CCc3ccccc32)n1. The van der Waals surface area contributed by atoms with Crippen LogP contribution in [0.5, 0.6) is 0 Å². The standard InChI is InChI=1S/C24H23N5O/c1-16-27-21(14-23(28-16)29-13-11-17-6-2-5-9-22(17)29)24(30)25-12-10-18-15-26-20-8-4-3-7-19(18)20/h2-9,14-15,26H,10-13H2,1H3,(H,25,30). The highest BCUT2D eigenvalue weighted by Gasteiger charge is 2.22. The number of anilines is 2. The third-order valence-corrected chi connectivity index (χ3v) is 5.58. The quantitative estimate of drug-likeness (QED) is 0.535. The maximum absolute atomic E-state index is 12.8. The van der Waals surface area contributed by atoms with E-state index in [4.69, 9.17) is 0 Å². The third-order valence-electron chi connectivity index (χ3n) is 5.58. The predicted molar refractivity (Wildman–Crippen MR) is 118 cm³/mol. The Kier molecular flexibility index (Phi) is 4.67. The van der Waals surface area contributed by atoms with Crippen LogP contribution in [0.4, 0.5) is 11.5 Å². The third kappa shape index (κ3) is 3.41. The van der Waals surface area contributed by atoms with Gasteiger partial charge in [0.25, 0.3) is 5.91 Å². The van der Waals surface area contributed by atoms with Gasteiger partial charge in [-0.15, -0.1) is 0 Å². The summed E-state index contributed by atoms with van der Waals surface area (Å²) in [6.45, 7) is 3.23. The van der Waals surface area contributed by atoms with Crippen molar-refractivity contribution in [3.05, 3.63) is 83.4 Å². The summed E-state index contributed by atoms with van der Waals surface area (Å²) >= 11 is 0. The number of hydrogen-bond donors (Lipinski definition) is 2. The predicted octanol–water partition coefficient (Wildman–Crippen LogP) is 3.93. The van der Waals surface area contributed by atoms with Gasteiger partial charge in [0.2, 0.25) is 0 Å². The monoisotopic (exact) mass is 397 g/mol. The van der Waals surface area contributed by atoms with Gasteiger partial charge < -0.3 is 15.2 Å². The Morgan fingerprint density at radius 3 is 2.90 bits per heavy atom. The average Bonchev–Trinajstić information content (AvgIpc) is 3.38. The number of nitrogens with zero attached hydrogens (tertiary/aromatic N) is 3. The summed E-state index contributed by atoms with van der Waals surface area (Å²) in [5, 5.41) is 4.20. The summed E-state index contributed by atoms with van der Waals surface area (Å²) in [5.41, 5.74) is 5.17. The molecule has 2 N–H and O–H groups in total. The Bertz CT molecular complexity index is 1230. The molecule has 6 nitrogen and oxygen atoms in total. The topological polar surface area (TPSA) is 73.9 Å². The second-order valence-corrected chi connectivity index (χ2v) is 7.55. The molecule has 5 rings (SSSR count). The highest BCUT2D eigenvalue weighted by Crippen LogP contribution is 2.33. The highest BCUT2D eigenvalue weighted by atomic mass is 16.1. The van der Waals surface area contributed by atoms with Crippen LogP contribution in [0, 0.1) is 6.92 Å². The van der Waals surface area contributed by atoms with E-state index in [1.54, 1.807) is 6.07 Å². The van der Waals surface area contributed by atoms with E-state index in [0.29, 0.717) is 18.1 Å². The van der Waals surface area contributed by atoms with Crippen LogP contribution in [0.25, 0.3) is 10.9 Å². The Labute approximate surface area is 175 Å². The van der Waals surface area contributed by atoms with E-state index in [0.717, 1.165) is 36.4 Å². The van der Waals surface area contributed by atoms with E-state index in [1.165, 1.54) is 16.5 Å². The smallest absolute Gasteiger partial charge is 0.270 e. The first-order chi connectivity index (χ1) is 14.7. The molecule has 0 atom stereocenters. The molecule has 0 saturated heterocycles. The van der Waals surface area contributed by atoms with Gasteiger partial charge in [-0.05, 0) is 43.0 Å². The molecule has 3 heterocycles. The van der Waals surface area contributed by atoms with E-state index in [2.05, 4.69) is 55.5 Å². The number of nitrogens with one attached hydrogen (secondary N) is 2. The van der Waals surface area contributed by atoms with Crippen molar-refractivity contribution < 1.29 is 4.79 Å². The van der Waals surface area contributed by atoms with Crippen LogP contribution < -0.4 is 10.2 Å². The van der Waals surface area contributed by atoms with Crippen molar-refractivity contribution in [1.82, 2.24) is 20.3 Å². The number of hydrogen-bond acceptors (Lipinski definition) is 4. The normalized spacial score (nSPS) is 12.9. The van der Waals surface area contributed by atoms with Crippen molar-refractivity contribution in [2.75, 3.05) is 18.0 Å². The fraction of sp³-hybridized carbons (Fsp3) is 0.208. The molecule has 0 spiro atoms. The second-order valence-electron chi connectivity index (χ2n) is 7.55. The van der Waals surface area contributed by atoms with Crippen molar-refractivity contribution >= 4 is 28.3 Å². The minimum Gasteiger partial charge on any atom is -0.361 e. The molecule has 1 aliphatic rings. The average molecular weight is 397 g/mol. The molecule has 2 aromatic carbocycles. The number of H-pyrrole nitrogens is 1. The molecule has 0 bridgehead atoms. The summed E-state index contributed by atoms with van der Waals surface area (Å²) in [5.74, 6) is 1.20. The van der Waals surface area contributed by atoms with Crippen molar-refractivity contribution in [2.24, 2.45) is 0 Å². The molecule has 2 aromatic heterocycles. The molecule has 4 aromatic rings. The number of aryl methyl sites for hydroxylation is 1. The maximum atomic E-state index is 12.8. The molecular formula is C24H23N5O. The summed E-state index contributed by atoms with van der Waals surface area (Å²) in [6.07, 6.45) is 3.74. The molecule has 0 unspecified atom stereocenters. The lowest BCUT2D eigenvalue weighted by molar-refractivity contribution is 0.0949. The van der Waals surface area contributed by atoms with E-state index >= 15 is 0 Å². The zero-order valence-electron chi connectivity index (χ0n) is 16.9. The molecule has 1 aliphatic heterocycles. The van der Waals surface area contributed by atoms with E-state index in [9.17, 15) is 4.79 Å². The van der Waals surface area contributed by atoms with Crippen molar-refractivity contribution in [3.8, 4) is 0 Å². The van der Waals surface area contributed by atoms with Gasteiger partial charge in [0, 0.05) is 41.9 Å². The van der Waals surface area contributed by atoms with Crippen molar-refractivity contribution in [3.63, 3.8) is 0 Å². The Balaban J connectivity index is 1.30. The minimum absolute atomic E-state index is 0.172. The lowest BCUT2D eigenvalue weighted by Crippen LogP contribution is -2.27. The summed E-state index contributed by atoms with van der Waals surface area (Å²) in [7, 11) is 0. The molecule has 0 aliphatic carbocycles. The molecule has 1 amide bonds. The molecule has 0 radical (unpaired) electrons. The summed E-state index contributed by atoms with van der Waals surface area (Å²) in [4.78, 5) is 27.2. The zero-order chi connectivity index (χ0) is 20.5. The first-order valence-electron chi connectivity index (χ1n) is 10.2. The van der Waals surface area contributed by atoms with E-state index < -0.39 is 0 Å². The van der Waals surface area contributed by atoms with E-state index in [-0.39, 0.29) is 5.91 Å². The Morgan fingerprint density at radius 1 is 1.13 bits per heavy atom. The number of para-hydroxylation sites is 2. The first-order valence-corrected chi connectivity index (χ1v) is 10.2. The number of aromatic nitrogens is 3. The number of aromatic amines is 1. The summed E-state index contributed by atoms with van der Waals surface area (Å²) in [6, 6.07) is 18.3. The first kappa shape index (κ1) is 18.4. The van der Waals surface area contributed by atoms with E-state index in [1.807, 2.05) is 31.3 Å². The zero-order valence-corrected chi connectivity index (χ0v) is 16.9. The highest BCUT2D eigenvalue weighted by molar-refractivity contribution is 5.93. The number of fused-ring (bicyclic) bond motifs is 2. The minimum atomic E-state index is -0.172. The van der Waals surface area contributed by atoms with Crippen LogP contribution in [0.1, 0.15) is 27.4 Å². The summed E-state index contributed by atoms with van der Waals surface area (Å²) < 4.78 is 0. The van der Waals surface area contributed by atoms with Crippen LogP contribution in [-0.2, 0) is 12.8 Å². The van der Waals surface area contributed by atoms with Crippen molar-refractivity contribution in [2.45, 2.75) is 19.8 Å². The fourth-order valence-corrected chi connectivity index (χ4v) is 4.12. The maximum Gasteiger partial charge on any atom is 0.270 e. The Morgan fingerprint density at radius 2 is 1.97 bits per heavy atom. The van der Waals surface area contributed by atoms with Crippen LogP contribution in [0.15, 0.2) is 60.8 Å². The van der Waals surface area contributed by atoms with Crippen LogP contribution in [0.3, 0.4) is 0 Å². The Hall–Kier alpha value is -3.67. The van der Waals surface area contributed by atoms with Crippen LogP contribution >= 0.6 is 0 Å². The number of rotatable bonds is 5. The van der Waals surface area contributed by atoms with Gasteiger partial charge >= 0.3 is 0 Å². The van der Waals surface area contributed by atoms with Gasteiger partial charge in [0.15, 0.2) is 0 Å². The van der Waals surface area contributed by atoms with Gasteiger partial charge in [-0.25, -0.2) is 9.97 Å². The van der Waals surface area contributed by atoms with Crippen LogP contribution in [0.2, 0.25) is 0 Å². The molecule has 6 heteroatoms. The molecule has 150 valence electrons. The van der Waals surface area contributed by atoms with Gasteiger partial charge in [-0.3, -0.25) is 4.79 Å². The number of carbonyl (C=O) groups excluding carboxylic acids is 1. The number of benzene rings is 2. The number of carbonyl (C=O) groups is 1. The largest absolute Gasteiger partial charge is 0.361 e. The molecular weight excluding hydrogens is 374 g/mol. The molecule has 30 heavy (non-hydrogen) atoms. The van der Waals surface area contributed by atoms with Gasteiger partial charge in [-0.1, -0.05) is 36.4 Å². The van der Waals surface area contributed by atoms with Gasteiger partial charge in [0.05, 0.1) is 0 Å². The van der Waals surface area contributed by atoms with Gasteiger partial charge in [0.1, 0.15) is 17.3 Å². The lowest BCUT2D eigenvalue weighted by atomic mass is 10.1. The number of amides is 1.